The van der Waals surface area contributed by atoms with Gasteiger partial charge in [-0.25, -0.2) is 0 Å². The van der Waals surface area contributed by atoms with Gasteiger partial charge in [0.05, 0.1) is 7.11 Å². The molecule has 0 unspecified atom stereocenters. The monoisotopic (exact) mass is 401 g/mol. The molecule has 0 aromatic heterocycles. The van der Waals surface area contributed by atoms with Crippen molar-refractivity contribution in [2.24, 2.45) is 5.92 Å². The number of methoxy groups -OCH3 is 1. The molecule has 3 rings (SSSR count). The fraction of sp³-hybridized carbons (Fsp3) is 0.455. The minimum Gasteiger partial charge on any atom is -0.497 e. The zero-order valence-corrected chi connectivity index (χ0v) is 16.7. The minimum atomic E-state index is 0.807. The summed E-state index contributed by atoms with van der Waals surface area (Å²) in [4.78, 5) is 2.63. The van der Waals surface area contributed by atoms with Crippen molar-refractivity contribution in [1.29, 1.82) is 0 Å². The minimum absolute atomic E-state index is 0.807. The summed E-state index contributed by atoms with van der Waals surface area (Å²) >= 11 is 3.74. The van der Waals surface area contributed by atoms with E-state index in [-0.39, 0.29) is 0 Å². The lowest BCUT2D eigenvalue weighted by Crippen LogP contribution is -2.35. The Balaban J connectivity index is 1.45. The van der Waals surface area contributed by atoms with Gasteiger partial charge in [0.25, 0.3) is 0 Å². The first-order chi connectivity index (χ1) is 12.2. The Bertz CT molecular complexity index is 639. The maximum Gasteiger partial charge on any atom is 0.115 e. The number of allylic oxidation sites excluding steroid dienone is 5. The molecule has 0 spiro atoms. The van der Waals surface area contributed by atoms with Crippen LogP contribution in [-0.4, -0.2) is 31.6 Å². The van der Waals surface area contributed by atoms with Crippen molar-refractivity contribution in [2.75, 3.05) is 26.7 Å². The van der Waals surface area contributed by atoms with Gasteiger partial charge in [-0.05, 0) is 74.9 Å². The quantitative estimate of drug-likeness (QED) is 0.626. The molecule has 0 amide bonds. The van der Waals surface area contributed by atoms with Crippen molar-refractivity contribution in [2.45, 2.75) is 32.1 Å². The second kappa shape index (κ2) is 9.40. The summed E-state index contributed by atoms with van der Waals surface area (Å²) in [6, 6.07) is 10.8. The van der Waals surface area contributed by atoms with E-state index in [1.54, 1.807) is 7.11 Å². The predicted molar refractivity (Wildman–Crippen MR) is 109 cm³/mol. The molecule has 134 valence electrons. The Morgan fingerprint density at radius 1 is 1.12 bits per heavy atom. The molecule has 1 saturated heterocycles. The zero-order chi connectivity index (χ0) is 17.5. The van der Waals surface area contributed by atoms with Gasteiger partial charge in [-0.15, -0.1) is 0 Å². The van der Waals surface area contributed by atoms with Crippen LogP contribution < -0.4 is 0 Å². The van der Waals surface area contributed by atoms with Gasteiger partial charge in [0.2, 0.25) is 0 Å². The van der Waals surface area contributed by atoms with Gasteiger partial charge in [-0.3, -0.25) is 0 Å². The van der Waals surface area contributed by atoms with Gasteiger partial charge in [-0.2, -0.15) is 0 Å². The van der Waals surface area contributed by atoms with E-state index in [1.165, 1.54) is 54.5 Å². The van der Waals surface area contributed by atoms with E-state index < -0.39 is 0 Å². The Hall–Kier alpha value is -1.32. The van der Waals surface area contributed by atoms with Crippen LogP contribution >= 0.6 is 15.9 Å². The van der Waals surface area contributed by atoms with E-state index in [0.717, 1.165) is 24.5 Å². The number of hydrogen-bond donors (Lipinski definition) is 0. The SMILES string of the molecule is COC1=CCC(CC2CCN(CCc3ccccc3)CC2)=C(Br)C=C1. The Morgan fingerprint density at radius 2 is 1.88 bits per heavy atom. The molecule has 0 radical (unpaired) electrons. The molecule has 1 fully saturated rings. The number of hydrogen-bond acceptors (Lipinski definition) is 2. The number of halogens is 1. The first kappa shape index (κ1) is 18.5. The molecule has 2 nitrogen and oxygen atoms in total. The molecule has 1 aliphatic heterocycles. The van der Waals surface area contributed by atoms with Crippen molar-refractivity contribution in [1.82, 2.24) is 4.90 Å². The number of benzene rings is 1. The van der Waals surface area contributed by atoms with E-state index in [1.807, 2.05) is 6.08 Å². The average molecular weight is 402 g/mol. The molecular weight excluding hydrogens is 374 g/mol. The highest BCUT2D eigenvalue weighted by Crippen LogP contribution is 2.31. The summed E-state index contributed by atoms with van der Waals surface area (Å²) in [5.74, 6) is 1.77. The smallest absolute Gasteiger partial charge is 0.115 e. The predicted octanol–water partition coefficient (Wildman–Crippen LogP) is 5.47. The molecule has 3 heteroatoms. The molecule has 1 heterocycles. The first-order valence-corrected chi connectivity index (χ1v) is 10.1. The molecule has 0 N–H and O–H groups in total. The average Bonchev–Trinajstić information content (AvgIpc) is 2.84. The second-order valence-electron chi connectivity index (χ2n) is 7.02. The maximum atomic E-state index is 5.36. The summed E-state index contributed by atoms with van der Waals surface area (Å²) in [6.45, 7) is 3.65. The van der Waals surface area contributed by atoms with Crippen molar-refractivity contribution in [3.05, 3.63) is 69.9 Å². The topological polar surface area (TPSA) is 12.5 Å². The van der Waals surface area contributed by atoms with E-state index in [4.69, 9.17) is 4.74 Å². The number of ether oxygens (including phenoxy) is 1. The van der Waals surface area contributed by atoms with Crippen molar-refractivity contribution in [3.8, 4) is 0 Å². The fourth-order valence-electron chi connectivity index (χ4n) is 3.69. The Morgan fingerprint density at radius 3 is 2.60 bits per heavy atom. The fourth-order valence-corrected chi connectivity index (χ4v) is 4.15. The molecule has 0 bridgehead atoms. The lowest BCUT2D eigenvalue weighted by atomic mass is 9.88. The van der Waals surface area contributed by atoms with Crippen LogP contribution in [0.15, 0.2) is 64.4 Å². The molecular formula is C22H28BrNO. The van der Waals surface area contributed by atoms with Gasteiger partial charge >= 0.3 is 0 Å². The van der Waals surface area contributed by atoms with E-state index in [9.17, 15) is 0 Å². The largest absolute Gasteiger partial charge is 0.497 e. The lowest BCUT2D eigenvalue weighted by Gasteiger charge is -2.32. The van der Waals surface area contributed by atoms with Crippen LogP contribution in [0.5, 0.6) is 0 Å². The summed E-state index contributed by atoms with van der Waals surface area (Å²) in [7, 11) is 1.74. The van der Waals surface area contributed by atoms with Crippen LogP contribution in [0.25, 0.3) is 0 Å². The summed E-state index contributed by atoms with van der Waals surface area (Å²) < 4.78 is 6.59. The highest BCUT2D eigenvalue weighted by atomic mass is 79.9. The number of piperidine rings is 1. The standard InChI is InChI=1S/C22H28BrNO/c1-25-21-8-7-20(22(23)10-9-21)17-19-12-15-24(16-13-19)14-11-18-5-3-2-4-6-18/h2-6,8-10,19H,7,11-17H2,1H3. The second-order valence-corrected chi connectivity index (χ2v) is 7.88. The summed E-state index contributed by atoms with van der Waals surface area (Å²) in [6.07, 6.45) is 12.3. The zero-order valence-electron chi connectivity index (χ0n) is 15.1. The molecule has 0 saturated carbocycles. The third-order valence-corrected chi connectivity index (χ3v) is 6.14. The number of likely N-dealkylation sites (tertiary alicyclic amines) is 1. The van der Waals surface area contributed by atoms with Crippen LogP contribution in [-0.2, 0) is 11.2 Å². The molecule has 2 aliphatic rings. The van der Waals surface area contributed by atoms with Gasteiger partial charge in [0, 0.05) is 11.0 Å². The van der Waals surface area contributed by atoms with Crippen LogP contribution in [0.2, 0.25) is 0 Å². The van der Waals surface area contributed by atoms with Crippen molar-refractivity contribution >= 4 is 15.9 Å². The highest BCUT2D eigenvalue weighted by Gasteiger charge is 2.21. The normalized spacial score (nSPS) is 19.7. The third kappa shape index (κ3) is 5.58. The summed E-state index contributed by atoms with van der Waals surface area (Å²) in [5.41, 5.74) is 2.95. The molecule has 1 aromatic carbocycles. The Kier molecular flexibility index (Phi) is 6.94. The van der Waals surface area contributed by atoms with Gasteiger partial charge in [0.1, 0.15) is 5.76 Å². The first-order valence-electron chi connectivity index (χ1n) is 9.30. The molecule has 1 aromatic rings. The number of rotatable bonds is 6. The van der Waals surface area contributed by atoms with Crippen molar-refractivity contribution in [3.63, 3.8) is 0 Å². The van der Waals surface area contributed by atoms with Crippen LogP contribution in [0.3, 0.4) is 0 Å². The lowest BCUT2D eigenvalue weighted by molar-refractivity contribution is 0.185. The highest BCUT2D eigenvalue weighted by molar-refractivity contribution is 9.11. The molecule has 1 aliphatic carbocycles. The van der Waals surface area contributed by atoms with Gasteiger partial charge in [0.15, 0.2) is 0 Å². The van der Waals surface area contributed by atoms with E-state index in [0.29, 0.717) is 0 Å². The number of nitrogens with zero attached hydrogens (tertiary/aromatic N) is 1. The van der Waals surface area contributed by atoms with Crippen LogP contribution in [0.4, 0.5) is 0 Å². The van der Waals surface area contributed by atoms with E-state index >= 15 is 0 Å². The van der Waals surface area contributed by atoms with Crippen LogP contribution in [0, 0.1) is 5.92 Å². The van der Waals surface area contributed by atoms with Gasteiger partial charge in [-0.1, -0.05) is 51.8 Å². The Labute approximate surface area is 160 Å². The summed E-state index contributed by atoms with van der Waals surface area (Å²) in [5, 5.41) is 0. The van der Waals surface area contributed by atoms with E-state index in [2.05, 4.69) is 63.3 Å². The van der Waals surface area contributed by atoms with Crippen LogP contribution in [0.1, 0.15) is 31.2 Å². The molecule has 0 atom stereocenters. The maximum absolute atomic E-state index is 5.36. The van der Waals surface area contributed by atoms with Gasteiger partial charge < -0.3 is 9.64 Å². The van der Waals surface area contributed by atoms with Crippen molar-refractivity contribution < 1.29 is 4.74 Å². The third-order valence-electron chi connectivity index (χ3n) is 5.32. The molecule has 25 heavy (non-hydrogen) atoms.